The summed E-state index contributed by atoms with van der Waals surface area (Å²) in [5.41, 5.74) is 2.23. The molecule has 1 unspecified atom stereocenters. The molecular weight excluding hydrogens is 318 g/mol. The zero-order chi connectivity index (χ0) is 17.8. The third-order valence-corrected chi connectivity index (χ3v) is 4.32. The van der Waals surface area contributed by atoms with E-state index in [1.165, 1.54) is 12.7 Å². The molecule has 1 aliphatic heterocycles. The maximum atomic E-state index is 12.4. The fourth-order valence-corrected chi connectivity index (χ4v) is 2.89. The van der Waals surface area contributed by atoms with Crippen molar-refractivity contribution in [3.8, 4) is 11.5 Å². The number of nitrogens with zero attached hydrogens (tertiary/aromatic N) is 1. The Bertz CT molecular complexity index is 770. The highest BCUT2D eigenvalue weighted by Crippen LogP contribution is 2.28. The van der Waals surface area contributed by atoms with E-state index in [9.17, 15) is 9.59 Å². The number of carbonyl (C=O) groups is 2. The number of para-hydroxylation sites is 2. The first-order chi connectivity index (χ1) is 12.1. The molecule has 5 nitrogen and oxygen atoms in total. The standard InChI is InChI=1S/C20H21NO4/c1-14-7-9-15(10-8-14)12-21-13-16(11-19(21)22)20(23)25-18-6-4-3-5-17(18)24-2/h3-10,16H,11-13H2,1-2H3. The van der Waals surface area contributed by atoms with Crippen molar-refractivity contribution in [1.29, 1.82) is 0 Å². The number of rotatable bonds is 5. The molecule has 5 heteroatoms. The highest BCUT2D eigenvalue weighted by Gasteiger charge is 2.35. The molecule has 1 amide bonds. The van der Waals surface area contributed by atoms with Gasteiger partial charge in [-0.3, -0.25) is 9.59 Å². The lowest BCUT2D eigenvalue weighted by Gasteiger charge is -2.17. The molecule has 0 aliphatic carbocycles. The topological polar surface area (TPSA) is 55.8 Å². The molecule has 1 aliphatic rings. The van der Waals surface area contributed by atoms with E-state index in [-0.39, 0.29) is 12.3 Å². The van der Waals surface area contributed by atoms with Crippen molar-refractivity contribution in [2.75, 3.05) is 13.7 Å². The summed E-state index contributed by atoms with van der Waals surface area (Å²) in [4.78, 5) is 26.4. The molecule has 0 spiro atoms. The minimum atomic E-state index is -0.456. The molecule has 0 radical (unpaired) electrons. The number of hydrogen-bond acceptors (Lipinski definition) is 4. The molecule has 0 N–H and O–H groups in total. The lowest BCUT2D eigenvalue weighted by atomic mass is 10.1. The van der Waals surface area contributed by atoms with Crippen LogP contribution >= 0.6 is 0 Å². The van der Waals surface area contributed by atoms with Crippen LogP contribution in [-0.2, 0) is 16.1 Å². The van der Waals surface area contributed by atoms with Crippen LogP contribution in [-0.4, -0.2) is 30.4 Å². The van der Waals surface area contributed by atoms with E-state index in [4.69, 9.17) is 9.47 Å². The Morgan fingerprint density at radius 1 is 1.12 bits per heavy atom. The number of amides is 1. The molecule has 0 bridgehead atoms. The van der Waals surface area contributed by atoms with Gasteiger partial charge < -0.3 is 14.4 Å². The minimum absolute atomic E-state index is 0.0254. The fourth-order valence-electron chi connectivity index (χ4n) is 2.89. The van der Waals surface area contributed by atoms with Crippen molar-refractivity contribution in [2.24, 2.45) is 5.92 Å². The fraction of sp³-hybridized carbons (Fsp3) is 0.300. The smallest absolute Gasteiger partial charge is 0.316 e. The second-order valence-corrected chi connectivity index (χ2v) is 6.23. The van der Waals surface area contributed by atoms with E-state index in [0.717, 1.165) is 5.56 Å². The van der Waals surface area contributed by atoms with E-state index in [0.29, 0.717) is 24.6 Å². The first-order valence-electron chi connectivity index (χ1n) is 8.25. The van der Waals surface area contributed by atoms with Gasteiger partial charge in [0.15, 0.2) is 11.5 Å². The molecule has 1 heterocycles. The van der Waals surface area contributed by atoms with Gasteiger partial charge in [0.05, 0.1) is 13.0 Å². The van der Waals surface area contributed by atoms with Crippen LogP contribution in [0.25, 0.3) is 0 Å². The average Bonchev–Trinajstić information content (AvgIpc) is 2.98. The quantitative estimate of drug-likeness (QED) is 0.621. The van der Waals surface area contributed by atoms with Crippen LogP contribution < -0.4 is 9.47 Å². The van der Waals surface area contributed by atoms with E-state index in [1.807, 2.05) is 31.2 Å². The molecule has 0 aromatic heterocycles. The highest BCUT2D eigenvalue weighted by molar-refractivity contribution is 5.87. The van der Waals surface area contributed by atoms with Gasteiger partial charge in [-0.25, -0.2) is 0 Å². The van der Waals surface area contributed by atoms with Gasteiger partial charge in [0.25, 0.3) is 0 Å². The number of aryl methyl sites for hydroxylation is 1. The van der Waals surface area contributed by atoms with Gasteiger partial charge in [0.2, 0.25) is 5.91 Å². The van der Waals surface area contributed by atoms with Crippen LogP contribution in [0.3, 0.4) is 0 Å². The normalized spacial score (nSPS) is 16.8. The predicted octanol–water partition coefficient (Wildman–Crippen LogP) is 2.96. The lowest BCUT2D eigenvalue weighted by molar-refractivity contribution is -0.139. The zero-order valence-electron chi connectivity index (χ0n) is 14.4. The first-order valence-corrected chi connectivity index (χ1v) is 8.25. The third kappa shape index (κ3) is 3.99. The van der Waals surface area contributed by atoms with Gasteiger partial charge >= 0.3 is 5.97 Å². The van der Waals surface area contributed by atoms with E-state index >= 15 is 0 Å². The number of hydrogen-bond donors (Lipinski definition) is 0. The van der Waals surface area contributed by atoms with Crippen LogP contribution in [0.4, 0.5) is 0 Å². The molecule has 25 heavy (non-hydrogen) atoms. The summed E-state index contributed by atoms with van der Waals surface area (Å²) in [7, 11) is 1.52. The minimum Gasteiger partial charge on any atom is -0.493 e. The molecule has 2 aromatic carbocycles. The van der Waals surface area contributed by atoms with Crippen molar-refractivity contribution in [2.45, 2.75) is 19.9 Å². The number of carbonyl (C=O) groups excluding carboxylic acids is 2. The van der Waals surface area contributed by atoms with E-state index in [2.05, 4.69) is 0 Å². The Balaban J connectivity index is 1.63. The Labute approximate surface area is 147 Å². The van der Waals surface area contributed by atoms with Crippen molar-refractivity contribution >= 4 is 11.9 Å². The van der Waals surface area contributed by atoms with Gasteiger partial charge in [0, 0.05) is 19.5 Å². The van der Waals surface area contributed by atoms with Crippen LogP contribution in [0.15, 0.2) is 48.5 Å². The summed E-state index contributed by atoms with van der Waals surface area (Å²) in [6.45, 7) is 2.91. The van der Waals surface area contributed by atoms with Crippen LogP contribution in [0, 0.1) is 12.8 Å². The summed E-state index contributed by atoms with van der Waals surface area (Å²) >= 11 is 0. The number of likely N-dealkylation sites (tertiary alicyclic amines) is 1. The lowest BCUT2D eigenvalue weighted by Crippen LogP contribution is -2.27. The molecular formula is C20H21NO4. The number of esters is 1. The highest BCUT2D eigenvalue weighted by atomic mass is 16.6. The van der Waals surface area contributed by atoms with Crippen molar-refractivity contribution < 1.29 is 19.1 Å². The van der Waals surface area contributed by atoms with Gasteiger partial charge in [0.1, 0.15) is 0 Å². The molecule has 1 saturated heterocycles. The summed E-state index contributed by atoms with van der Waals surface area (Å²) < 4.78 is 10.6. The van der Waals surface area contributed by atoms with Gasteiger partial charge in [-0.2, -0.15) is 0 Å². The van der Waals surface area contributed by atoms with Crippen molar-refractivity contribution in [1.82, 2.24) is 4.90 Å². The monoisotopic (exact) mass is 339 g/mol. The van der Waals surface area contributed by atoms with Gasteiger partial charge in [-0.1, -0.05) is 42.0 Å². The summed E-state index contributed by atoms with van der Waals surface area (Å²) in [5.74, 6) is -0.00853. The van der Waals surface area contributed by atoms with Crippen molar-refractivity contribution in [3.63, 3.8) is 0 Å². The maximum Gasteiger partial charge on any atom is 0.316 e. The summed E-state index contributed by atoms with van der Waals surface area (Å²) in [6, 6.07) is 15.0. The third-order valence-electron chi connectivity index (χ3n) is 4.32. The van der Waals surface area contributed by atoms with Crippen LogP contribution in [0.5, 0.6) is 11.5 Å². The predicted molar refractivity (Wildman–Crippen MR) is 93.3 cm³/mol. The van der Waals surface area contributed by atoms with E-state index < -0.39 is 11.9 Å². The Kier molecular flexibility index (Phi) is 5.03. The zero-order valence-corrected chi connectivity index (χ0v) is 14.4. The summed E-state index contributed by atoms with van der Waals surface area (Å²) in [5, 5.41) is 0. The Hall–Kier alpha value is -2.82. The SMILES string of the molecule is COc1ccccc1OC(=O)C1CC(=O)N(Cc2ccc(C)cc2)C1. The van der Waals surface area contributed by atoms with E-state index in [1.54, 1.807) is 29.2 Å². The van der Waals surface area contributed by atoms with Gasteiger partial charge in [-0.05, 0) is 24.6 Å². The summed E-state index contributed by atoms with van der Waals surface area (Å²) in [6.07, 6.45) is 0.180. The molecule has 1 atom stereocenters. The second-order valence-electron chi connectivity index (χ2n) is 6.23. The number of ether oxygens (including phenoxy) is 2. The Morgan fingerprint density at radius 3 is 2.48 bits per heavy atom. The molecule has 2 aromatic rings. The van der Waals surface area contributed by atoms with Crippen LogP contribution in [0.2, 0.25) is 0 Å². The molecule has 3 rings (SSSR count). The van der Waals surface area contributed by atoms with Crippen molar-refractivity contribution in [3.05, 3.63) is 59.7 Å². The molecule has 1 fully saturated rings. The number of methoxy groups -OCH3 is 1. The van der Waals surface area contributed by atoms with Gasteiger partial charge in [-0.15, -0.1) is 0 Å². The largest absolute Gasteiger partial charge is 0.493 e. The average molecular weight is 339 g/mol. The maximum absolute atomic E-state index is 12.4. The second kappa shape index (κ2) is 7.38. The molecule has 0 saturated carbocycles. The Morgan fingerprint density at radius 2 is 1.80 bits per heavy atom. The van der Waals surface area contributed by atoms with Crippen LogP contribution in [0.1, 0.15) is 17.5 Å². The number of benzene rings is 2. The first kappa shape index (κ1) is 17.0. The molecule has 130 valence electrons.